The summed E-state index contributed by atoms with van der Waals surface area (Å²) in [5, 5.41) is 12.4. The van der Waals surface area contributed by atoms with Crippen molar-refractivity contribution in [2.24, 2.45) is 0 Å². The Labute approximate surface area is 164 Å². The van der Waals surface area contributed by atoms with Crippen LogP contribution in [0.15, 0.2) is 35.5 Å². The van der Waals surface area contributed by atoms with Crippen molar-refractivity contribution in [3.05, 3.63) is 41.7 Å². The number of ether oxygens (including phenoxy) is 1. The van der Waals surface area contributed by atoms with Crippen molar-refractivity contribution < 1.29 is 9.53 Å². The summed E-state index contributed by atoms with van der Waals surface area (Å²) in [6, 6.07) is 10.3. The zero-order valence-electron chi connectivity index (χ0n) is 15.6. The Morgan fingerprint density at radius 2 is 2.11 bits per heavy atom. The maximum absolute atomic E-state index is 12.5. The fraction of sp³-hybridized carbons (Fsp3) is 0.550. The van der Waals surface area contributed by atoms with Crippen LogP contribution in [-0.2, 0) is 16.1 Å². The first kappa shape index (κ1) is 18.5. The van der Waals surface area contributed by atoms with Crippen LogP contribution in [0.1, 0.15) is 49.9 Å². The van der Waals surface area contributed by atoms with Crippen LogP contribution in [0.2, 0.25) is 0 Å². The molecule has 1 aliphatic carbocycles. The van der Waals surface area contributed by atoms with E-state index in [1.54, 1.807) is 0 Å². The number of nitrogens with one attached hydrogen (secondary N) is 1. The molecule has 0 unspecified atom stereocenters. The summed E-state index contributed by atoms with van der Waals surface area (Å²) in [7, 11) is 0. The number of hydrogen-bond acceptors (Lipinski definition) is 5. The molecule has 2 aromatic rings. The average Bonchev–Trinajstić information content (AvgIpc) is 3.25. The molecule has 144 valence electrons. The normalized spacial score (nSPS) is 20.6. The van der Waals surface area contributed by atoms with Gasteiger partial charge in [0.05, 0.1) is 17.9 Å². The molecule has 1 saturated heterocycles. The highest BCUT2D eigenvalue weighted by Gasteiger charge is 2.31. The summed E-state index contributed by atoms with van der Waals surface area (Å²) in [5.74, 6) is 1.59. The van der Waals surface area contributed by atoms with Gasteiger partial charge in [-0.05, 0) is 38.2 Å². The molecule has 1 aromatic heterocycles. The highest BCUT2D eigenvalue weighted by molar-refractivity contribution is 8.00. The molecule has 4 rings (SSSR count). The highest BCUT2D eigenvalue weighted by Crippen LogP contribution is 2.40. The SMILES string of the molecule is C[C@@H](Sc1nnc(C2CC2)n1Cc1ccccc1)C(=O)NC[C@@H]1CCCO1. The second kappa shape index (κ2) is 8.44. The number of nitrogens with zero attached hydrogens (tertiary/aromatic N) is 3. The van der Waals surface area contributed by atoms with Gasteiger partial charge in [-0.3, -0.25) is 4.79 Å². The molecule has 0 spiro atoms. The summed E-state index contributed by atoms with van der Waals surface area (Å²) in [6.07, 6.45) is 4.62. The van der Waals surface area contributed by atoms with E-state index in [2.05, 4.69) is 32.2 Å². The first-order valence-electron chi connectivity index (χ1n) is 9.73. The first-order valence-corrected chi connectivity index (χ1v) is 10.6. The molecule has 1 saturated carbocycles. The van der Waals surface area contributed by atoms with E-state index in [0.717, 1.165) is 37.0 Å². The number of aromatic nitrogens is 3. The van der Waals surface area contributed by atoms with E-state index in [0.29, 0.717) is 12.5 Å². The number of carbonyl (C=O) groups is 1. The lowest BCUT2D eigenvalue weighted by Crippen LogP contribution is -2.36. The van der Waals surface area contributed by atoms with Gasteiger partial charge in [0.15, 0.2) is 5.16 Å². The third-order valence-electron chi connectivity index (χ3n) is 5.05. The van der Waals surface area contributed by atoms with Gasteiger partial charge in [-0.25, -0.2) is 0 Å². The zero-order chi connectivity index (χ0) is 18.6. The third kappa shape index (κ3) is 4.71. The smallest absolute Gasteiger partial charge is 0.233 e. The molecule has 2 atom stereocenters. The van der Waals surface area contributed by atoms with E-state index in [1.807, 2.05) is 25.1 Å². The van der Waals surface area contributed by atoms with Crippen LogP contribution in [0.5, 0.6) is 0 Å². The molecule has 0 bridgehead atoms. The number of hydrogen-bond donors (Lipinski definition) is 1. The minimum absolute atomic E-state index is 0.0257. The molecule has 27 heavy (non-hydrogen) atoms. The summed E-state index contributed by atoms with van der Waals surface area (Å²) < 4.78 is 7.76. The first-order chi connectivity index (χ1) is 13.2. The number of carbonyl (C=O) groups excluding carboxylic acids is 1. The molecule has 1 N–H and O–H groups in total. The van der Waals surface area contributed by atoms with Crippen molar-refractivity contribution in [1.29, 1.82) is 0 Å². The van der Waals surface area contributed by atoms with Crippen LogP contribution in [-0.4, -0.2) is 45.2 Å². The van der Waals surface area contributed by atoms with E-state index >= 15 is 0 Å². The van der Waals surface area contributed by atoms with E-state index in [1.165, 1.54) is 30.2 Å². The maximum Gasteiger partial charge on any atom is 0.233 e. The van der Waals surface area contributed by atoms with E-state index in [-0.39, 0.29) is 17.3 Å². The number of amides is 1. The van der Waals surface area contributed by atoms with E-state index < -0.39 is 0 Å². The number of rotatable bonds is 8. The van der Waals surface area contributed by atoms with E-state index in [4.69, 9.17) is 4.74 Å². The molecule has 1 amide bonds. The van der Waals surface area contributed by atoms with Crippen LogP contribution >= 0.6 is 11.8 Å². The Hall–Kier alpha value is -1.86. The van der Waals surface area contributed by atoms with Gasteiger partial charge in [0, 0.05) is 19.1 Å². The Morgan fingerprint density at radius 1 is 1.30 bits per heavy atom. The molecule has 7 heteroatoms. The second-order valence-corrected chi connectivity index (χ2v) is 8.64. The monoisotopic (exact) mass is 386 g/mol. The molecule has 1 aromatic carbocycles. The standard InChI is InChI=1S/C20H26N4O2S/c1-14(19(25)21-12-17-8-5-11-26-17)27-20-23-22-18(16-9-10-16)24(20)13-15-6-3-2-4-7-15/h2-4,6-7,14,16-17H,5,8-13H2,1H3,(H,21,25)/t14-,17+/m1/s1. The zero-order valence-corrected chi connectivity index (χ0v) is 16.5. The topological polar surface area (TPSA) is 69.0 Å². The lowest BCUT2D eigenvalue weighted by Gasteiger charge is -2.15. The molecular formula is C20H26N4O2S. The number of thioether (sulfide) groups is 1. The molecule has 2 fully saturated rings. The van der Waals surface area contributed by atoms with Crippen LogP contribution in [0.4, 0.5) is 0 Å². The van der Waals surface area contributed by atoms with Crippen molar-refractivity contribution in [3.63, 3.8) is 0 Å². The minimum atomic E-state index is -0.225. The minimum Gasteiger partial charge on any atom is -0.376 e. The summed E-state index contributed by atoms with van der Waals surface area (Å²) in [4.78, 5) is 12.5. The lowest BCUT2D eigenvalue weighted by atomic mass is 10.2. The highest BCUT2D eigenvalue weighted by atomic mass is 32.2. The fourth-order valence-corrected chi connectivity index (χ4v) is 4.20. The van der Waals surface area contributed by atoms with Crippen LogP contribution in [0.3, 0.4) is 0 Å². The molecule has 0 radical (unpaired) electrons. The molecular weight excluding hydrogens is 360 g/mol. The summed E-state index contributed by atoms with van der Waals surface area (Å²) in [5.41, 5.74) is 1.22. The third-order valence-corrected chi connectivity index (χ3v) is 6.13. The maximum atomic E-state index is 12.5. The van der Waals surface area contributed by atoms with Crippen molar-refractivity contribution >= 4 is 17.7 Å². The van der Waals surface area contributed by atoms with Crippen molar-refractivity contribution in [2.75, 3.05) is 13.2 Å². The fourth-order valence-electron chi connectivity index (χ4n) is 3.32. The molecule has 2 heterocycles. The Balaban J connectivity index is 1.42. The van der Waals surface area contributed by atoms with Crippen LogP contribution in [0, 0.1) is 0 Å². The van der Waals surface area contributed by atoms with Gasteiger partial charge in [-0.15, -0.1) is 10.2 Å². The van der Waals surface area contributed by atoms with Gasteiger partial charge in [-0.2, -0.15) is 0 Å². The van der Waals surface area contributed by atoms with Gasteiger partial charge in [0.2, 0.25) is 5.91 Å². The summed E-state index contributed by atoms with van der Waals surface area (Å²) in [6.45, 7) is 4.06. The van der Waals surface area contributed by atoms with Gasteiger partial charge >= 0.3 is 0 Å². The molecule has 1 aliphatic heterocycles. The Bertz CT molecular complexity index is 770. The van der Waals surface area contributed by atoms with E-state index in [9.17, 15) is 4.79 Å². The van der Waals surface area contributed by atoms with Gasteiger partial charge in [-0.1, -0.05) is 42.1 Å². The lowest BCUT2D eigenvalue weighted by molar-refractivity contribution is -0.120. The predicted molar refractivity (Wildman–Crippen MR) is 105 cm³/mol. The van der Waals surface area contributed by atoms with Gasteiger partial charge in [0.1, 0.15) is 5.82 Å². The van der Waals surface area contributed by atoms with Crippen molar-refractivity contribution in [2.45, 2.75) is 61.6 Å². The van der Waals surface area contributed by atoms with Crippen LogP contribution in [0.25, 0.3) is 0 Å². The largest absolute Gasteiger partial charge is 0.376 e. The molecule has 6 nitrogen and oxygen atoms in total. The van der Waals surface area contributed by atoms with Gasteiger partial charge in [0.25, 0.3) is 0 Å². The average molecular weight is 387 g/mol. The quantitative estimate of drug-likeness (QED) is 0.707. The van der Waals surface area contributed by atoms with Crippen LogP contribution < -0.4 is 5.32 Å². The van der Waals surface area contributed by atoms with Crippen molar-refractivity contribution in [1.82, 2.24) is 20.1 Å². The van der Waals surface area contributed by atoms with Gasteiger partial charge < -0.3 is 14.6 Å². The predicted octanol–water partition coefficient (Wildman–Crippen LogP) is 2.98. The summed E-state index contributed by atoms with van der Waals surface area (Å²) >= 11 is 1.48. The molecule has 2 aliphatic rings. The Morgan fingerprint density at radius 3 is 2.81 bits per heavy atom. The second-order valence-electron chi connectivity index (χ2n) is 7.33. The van der Waals surface area contributed by atoms with Crippen molar-refractivity contribution in [3.8, 4) is 0 Å². The Kier molecular flexibility index (Phi) is 5.78. The number of benzene rings is 1.